The van der Waals surface area contributed by atoms with E-state index in [1.54, 1.807) is 37.5 Å². The molecule has 1 aliphatic rings. The van der Waals surface area contributed by atoms with Crippen LogP contribution in [0.25, 0.3) is 6.08 Å². The number of methoxy groups -OCH3 is 1. The van der Waals surface area contributed by atoms with E-state index < -0.39 is 0 Å². The van der Waals surface area contributed by atoms with Gasteiger partial charge in [0.25, 0.3) is 11.1 Å². The van der Waals surface area contributed by atoms with Gasteiger partial charge in [-0.25, -0.2) is 0 Å². The first-order valence-corrected chi connectivity index (χ1v) is 7.01. The SMILES string of the molecule is C=CCOc1ccc(/C=C2\SC(=O)N(C)C2=O)cc1OC. The molecule has 0 unspecified atom stereocenters. The van der Waals surface area contributed by atoms with E-state index in [0.717, 1.165) is 22.2 Å². The predicted octanol–water partition coefficient (Wildman–Crippen LogP) is 2.93. The molecule has 6 heteroatoms. The summed E-state index contributed by atoms with van der Waals surface area (Å²) in [5.74, 6) is 0.857. The molecule has 0 saturated carbocycles. The number of benzene rings is 1. The minimum absolute atomic E-state index is 0.274. The summed E-state index contributed by atoms with van der Waals surface area (Å²) in [7, 11) is 3.01. The number of rotatable bonds is 5. The summed E-state index contributed by atoms with van der Waals surface area (Å²) < 4.78 is 10.7. The molecule has 110 valence electrons. The van der Waals surface area contributed by atoms with E-state index in [1.807, 2.05) is 0 Å². The zero-order valence-corrected chi connectivity index (χ0v) is 12.6. The second-order valence-electron chi connectivity index (χ2n) is 4.25. The zero-order valence-electron chi connectivity index (χ0n) is 11.8. The van der Waals surface area contributed by atoms with Crippen LogP contribution in [0.3, 0.4) is 0 Å². The van der Waals surface area contributed by atoms with Crippen LogP contribution in [0.5, 0.6) is 11.5 Å². The Morgan fingerprint density at radius 1 is 1.33 bits per heavy atom. The van der Waals surface area contributed by atoms with Gasteiger partial charge in [-0.2, -0.15) is 0 Å². The lowest BCUT2D eigenvalue weighted by Gasteiger charge is -2.10. The molecule has 21 heavy (non-hydrogen) atoms. The minimum Gasteiger partial charge on any atom is -0.493 e. The molecular formula is C15H15NO4S. The maximum atomic E-state index is 11.8. The summed E-state index contributed by atoms with van der Waals surface area (Å²) in [6, 6.07) is 5.30. The van der Waals surface area contributed by atoms with Crippen molar-refractivity contribution in [2.24, 2.45) is 0 Å². The van der Waals surface area contributed by atoms with Crippen molar-refractivity contribution in [2.75, 3.05) is 20.8 Å². The maximum Gasteiger partial charge on any atom is 0.293 e. The normalized spacial score (nSPS) is 16.5. The second-order valence-corrected chi connectivity index (χ2v) is 5.24. The third-order valence-corrected chi connectivity index (χ3v) is 3.79. The van der Waals surface area contributed by atoms with Crippen LogP contribution in [0.15, 0.2) is 35.8 Å². The molecule has 0 aliphatic carbocycles. The van der Waals surface area contributed by atoms with Crippen molar-refractivity contribution in [3.63, 3.8) is 0 Å². The highest BCUT2D eigenvalue weighted by atomic mass is 32.2. The number of carbonyl (C=O) groups is 2. The van der Waals surface area contributed by atoms with Crippen LogP contribution in [0, 0.1) is 0 Å². The van der Waals surface area contributed by atoms with Gasteiger partial charge in [0, 0.05) is 7.05 Å². The first kappa shape index (κ1) is 15.2. The van der Waals surface area contributed by atoms with Crippen LogP contribution < -0.4 is 9.47 Å². The Morgan fingerprint density at radius 2 is 2.10 bits per heavy atom. The van der Waals surface area contributed by atoms with Gasteiger partial charge in [-0.1, -0.05) is 18.7 Å². The van der Waals surface area contributed by atoms with Crippen molar-refractivity contribution in [3.8, 4) is 11.5 Å². The van der Waals surface area contributed by atoms with Crippen LogP contribution in [0.2, 0.25) is 0 Å². The van der Waals surface area contributed by atoms with E-state index in [4.69, 9.17) is 9.47 Å². The fourth-order valence-electron chi connectivity index (χ4n) is 1.74. The summed E-state index contributed by atoms with van der Waals surface area (Å²) in [5.41, 5.74) is 0.761. The van der Waals surface area contributed by atoms with Crippen LogP contribution >= 0.6 is 11.8 Å². The van der Waals surface area contributed by atoms with E-state index in [0.29, 0.717) is 23.0 Å². The third kappa shape index (κ3) is 3.28. The van der Waals surface area contributed by atoms with Gasteiger partial charge >= 0.3 is 0 Å². The molecule has 1 heterocycles. The molecule has 0 spiro atoms. The highest BCUT2D eigenvalue weighted by molar-refractivity contribution is 8.18. The molecule has 2 rings (SSSR count). The summed E-state index contributed by atoms with van der Waals surface area (Å²) in [4.78, 5) is 24.8. The molecule has 1 aromatic carbocycles. The third-order valence-electron chi connectivity index (χ3n) is 2.83. The fourth-order valence-corrected chi connectivity index (χ4v) is 2.57. The van der Waals surface area contributed by atoms with Crippen LogP contribution in [0.1, 0.15) is 5.56 Å². The predicted molar refractivity (Wildman–Crippen MR) is 82.4 cm³/mol. The van der Waals surface area contributed by atoms with Crippen molar-refractivity contribution < 1.29 is 19.1 Å². The lowest BCUT2D eigenvalue weighted by molar-refractivity contribution is -0.121. The summed E-state index contributed by atoms with van der Waals surface area (Å²) >= 11 is 0.921. The summed E-state index contributed by atoms with van der Waals surface area (Å²) in [6.45, 7) is 3.97. The molecule has 1 aromatic rings. The Bertz CT molecular complexity index is 624. The fraction of sp³-hybridized carbons (Fsp3) is 0.200. The molecule has 1 fully saturated rings. The van der Waals surface area contributed by atoms with Gasteiger partial charge in [-0.05, 0) is 35.5 Å². The smallest absolute Gasteiger partial charge is 0.293 e. The van der Waals surface area contributed by atoms with Crippen LogP contribution in [-0.4, -0.2) is 36.8 Å². The number of thioether (sulfide) groups is 1. The van der Waals surface area contributed by atoms with E-state index in [2.05, 4.69) is 6.58 Å². The number of likely N-dealkylation sites (N-methyl/N-ethyl adjacent to an activating group) is 1. The highest BCUT2D eigenvalue weighted by Crippen LogP contribution is 2.33. The Labute approximate surface area is 127 Å². The first-order chi connectivity index (χ1) is 10.1. The van der Waals surface area contributed by atoms with Gasteiger partial charge in [-0.3, -0.25) is 14.5 Å². The van der Waals surface area contributed by atoms with E-state index in [9.17, 15) is 9.59 Å². The van der Waals surface area contributed by atoms with Crippen LogP contribution in [0.4, 0.5) is 4.79 Å². The summed E-state index contributed by atoms with van der Waals surface area (Å²) in [6.07, 6.45) is 3.30. The average molecular weight is 305 g/mol. The van der Waals surface area contributed by atoms with E-state index in [-0.39, 0.29) is 11.1 Å². The number of ether oxygens (including phenoxy) is 2. The van der Waals surface area contributed by atoms with E-state index >= 15 is 0 Å². The first-order valence-electron chi connectivity index (χ1n) is 6.20. The molecule has 1 saturated heterocycles. The second kappa shape index (κ2) is 6.49. The highest BCUT2D eigenvalue weighted by Gasteiger charge is 2.31. The molecule has 1 aliphatic heterocycles. The molecule has 0 aromatic heterocycles. The standard InChI is InChI=1S/C15H15NO4S/c1-4-7-20-11-6-5-10(8-12(11)19-3)9-13-14(17)16(2)15(18)21-13/h4-6,8-9H,1,7H2,2-3H3/b13-9-. The van der Waals surface area contributed by atoms with Gasteiger partial charge in [-0.15, -0.1) is 0 Å². The number of hydrogen-bond acceptors (Lipinski definition) is 5. The number of carbonyl (C=O) groups excluding carboxylic acids is 2. The Balaban J connectivity index is 2.27. The lowest BCUT2D eigenvalue weighted by atomic mass is 10.2. The number of amides is 2. The summed E-state index contributed by atoms with van der Waals surface area (Å²) in [5, 5.41) is -0.274. The van der Waals surface area contributed by atoms with Crippen molar-refractivity contribution in [1.82, 2.24) is 4.90 Å². The minimum atomic E-state index is -0.295. The molecule has 0 radical (unpaired) electrons. The Kier molecular flexibility index (Phi) is 4.70. The molecule has 0 atom stereocenters. The maximum absolute atomic E-state index is 11.8. The van der Waals surface area contributed by atoms with Crippen molar-refractivity contribution in [1.29, 1.82) is 0 Å². The van der Waals surface area contributed by atoms with Crippen molar-refractivity contribution in [2.45, 2.75) is 0 Å². The molecule has 2 amide bonds. The number of imide groups is 1. The lowest BCUT2D eigenvalue weighted by Crippen LogP contribution is -2.22. The molecular weight excluding hydrogens is 290 g/mol. The number of nitrogens with zero attached hydrogens (tertiary/aromatic N) is 1. The number of hydrogen-bond donors (Lipinski definition) is 0. The Hall–Kier alpha value is -2.21. The topological polar surface area (TPSA) is 55.8 Å². The monoisotopic (exact) mass is 305 g/mol. The zero-order chi connectivity index (χ0) is 15.4. The van der Waals surface area contributed by atoms with Crippen molar-refractivity contribution in [3.05, 3.63) is 41.3 Å². The van der Waals surface area contributed by atoms with Gasteiger partial charge in [0.05, 0.1) is 12.0 Å². The van der Waals surface area contributed by atoms with Gasteiger partial charge < -0.3 is 9.47 Å². The van der Waals surface area contributed by atoms with Crippen LogP contribution in [-0.2, 0) is 4.79 Å². The van der Waals surface area contributed by atoms with Gasteiger partial charge in [0.1, 0.15) is 6.61 Å². The van der Waals surface area contributed by atoms with Gasteiger partial charge in [0.2, 0.25) is 0 Å². The average Bonchev–Trinajstić information content (AvgIpc) is 2.73. The molecule has 0 bridgehead atoms. The Morgan fingerprint density at radius 3 is 2.67 bits per heavy atom. The largest absolute Gasteiger partial charge is 0.493 e. The quantitative estimate of drug-likeness (QED) is 0.618. The van der Waals surface area contributed by atoms with Gasteiger partial charge in [0.15, 0.2) is 11.5 Å². The molecule has 0 N–H and O–H groups in total. The van der Waals surface area contributed by atoms with E-state index in [1.165, 1.54) is 7.05 Å². The molecule has 5 nitrogen and oxygen atoms in total. The van der Waals surface area contributed by atoms with Crippen molar-refractivity contribution >= 4 is 29.0 Å².